The fraction of sp³-hybridized carbons (Fsp3) is 0. The Labute approximate surface area is 113 Å². The van der Waals surface area contributed by atoms with Gasteiger partial charge in [-0.1, -0.05) is 29.8 Å². The van der Waals surface area contributed by atoms with Crippen molar-refractivity contribution in [2.24, 2.45) is 4.99 Å². The Morgan fingerprint density at radius 1 is 1.26 bits per heavy atom. The van der Waals surface area contributed by atoms with Crippen molar-refractivity contribution in [3.8, 4) is 5.75 Å². The van der Waals surface area contributed by atoms with Crippen molar-refractivity contribution in [1.82, 2.24) is 0 Å². The summed E-state index contributed by atoms with van der Waals surface area (Å²) in [5.41, 5.74) is 0.426. The van der Waals surface area contributed by atoms with E-state index in [1.165, 1.54) is 12.3 Å². The normalized spacial score (nSPS) is 10.8. The van der Waals surface area contributed by atoms with Crippen molar-refractivity contribution >= 4 is 29.2 Å². The first-order chi connectivity index (χ1) is 9.08. The van der Waals surface area contributed by atoms with Crippen molar-refractivity contribution in [3.05, 3.63) is 63.2 Å². The van der Waals surface area contributed by atoms with Crippen molar-refractivity contribution in [2.45, 2.75) is 0 Å². The molecule has 2 aromatic carbocycles. The van der Waals surface area contributed by atoms with Gasteiger partial charge in [0.05, 0.1) is 10.6 Å². The fourth-order valence-corrected chi connectivity index (χ4v) is 1.72. The van der Waals surface area contributed by atoms with E-state index in [2.05, 4.69) is 4.99 Å². The lowest BCUT2D eigenvalue weighted by atomic mass is 10.2. The number of phenols is 1. The molecule has 0 heterocycles. The number of phenolic OH excluding ortho intramolecular Hbond substituents is 1. The maximum atomic E-state index is 10.7. The first-order valence-corrected chi connectivity index (χ1v) is 5.72. The largest absolute Gasteiger partial charge is 0.502 e. The Balaban J connectivity index is 2.41. The van der Waals surface area contributed by atoms with Gasteiger partial charge in [-0.15, -0.1) is 0 Å². The summed E-state index contributed by atoms with van der Waals surface area (Å²) in [6, 6.07) is 11.5. The van der Waals surface area contributed by atoms with E-state index in [1.54, 1.807) is 12.1 Å². The number of rotatable bonds is 3. The Hall–Kier alpha value is -2.40. The second-order valence-electron chi connectivity index (χ2n) is 3.71. The number of hydrogen-bond donors (Lipinski definition) is 1. The highest BCUT2D eigenvalue weighted by Crippen LogP contribution is 2.32. The molecule has 0 aliphatic rings. The van der Waals surface area contributed by atoms with Gasteiger partial charge in [-0.3, -0.25) is 15.1 Å². The molecule has 0 saturated heterocycles. The van der Waals surface area contributed by atoms with E-state index in [1.807, 2.05) is 18.2 Å². The summed E-state index contributed by atoms with van der Waals surface area (Å²) in [5.74, 6) is -0.450. The van der Waals surface area contributed by atoms with Crippen LogP contribution in [0.3, 0.4) is 0 Å². The van der Waals surface area contributed by atoms with Crippen LogP contribution in [0.2, 0.25) is 5.02 Å². The van der Waals surface area contributed by atoms with Crippen molar-refractivity contribution in [2.75, 3.05) is 0 Å². The molecular formula is C13H9ClN2O3. The van der Waals surface area contributed by atoms with E-state index in [4.69, 9.17) is 11.6 Å². The maximum Gasteiger partial charge on any atom is 0.312 e. The lowest BCUT2D eigenvalue weighted by molar-refractivity contribution is -0.385. The second kappa shape index (κ2) is 5.49. The monoisotopic (exact) mass is 276 g/mol. The SMILES string of the molecule is O=[N+]([O-])c1cc(Cl)cc(C=Nc2ccccc2)c1O. The molecule has 0 spiro atoms. The standard InChI is InChI=1S/C13H9ClN2O3/c14-10-6-9(13(17)12(7-10)16(18)19)8-15-11-4-2-1-3-5-11/h1-8,17H. The number of nitro benzene ring substituents is 1. The molecule has 0 unspecified atom stereocenters. The highest BCUT2D eigenvalue weighted by molar-refractivity contribution is 6.31. The molecule has 0 aliphatic heterocycles. The van der Waals surface area contributed by atoms with Gasteiger partial charge in [0.15, 0.2) is 0 Å². The molecule has 0 aromatic heterocycles. The van der Waals surface area contributed by atoms with Crippen LogP contribution in [-0.2, 0) is 0 Å². The lowest BCUT2D eigenvalue weighted by Gasteiger charge is -2.01. The van der Waals surface area contributed by atoms with E-state index in [9.17, 15) is 15.2 Å². The molecule has 2 aromatic rings. The maximum absolute atomic E-state index is 10.7. The average Bonchev–Trinajstić information content (AvgIpc) is 2.40. The summed E-state index contributed by atoms with van der Waals surface area (Å²) in [4.78, 5) is 14.2. The van der Waals surface area contributed by atoms with E-state index in [0.717, 1.165) is 6.07 Å². The zero-order valence-corrected chi connectivity index (χ0v) is 10.4. The minimum Gasteiger partial charge on any atom is -0.502 e. The van der Waals surface area contributed by atoms with E-state index < -0.39 is 16.4 Å². The smallest absolute Gasteiger partial charge is 0.312 e. The number of aromatic hydroxyl groups is 1. The second-order valence-corrected chi connectivity index (χ2v) is 4.15. The molecular weight excluding hydrogens is 268 g/mol. The Morgan fingerprint density at radius 3 is 2.58 bits per heavy atom. The molecule has 19 heavy (non-hydrogen) atoms. The molecule has 0 bridgehead atoms. The summed E-state index contributed by atoms with van der Waals surface area (Å²) in [6.45, 7) is 0. The van der Waals surface area contributed by atoms with Gasteiger partial charge in [0, 0.05) is 22.9 Å². The highest BCUT2D eigenvalue weighted by atomic mass is 35.5. The van der Waals surface area contributed by atoms with Crippen LogP contribution < -0.4 is 0 Å². The number of nitro groups is 1. The summed E-state index contributed by atoms with van der Waals surface area (Å²) in [6.07, 6.45) is 1.34. The fourth-order valence-electron chi connectivity index (χ4n) is 1.50. The molecule has 0 radical (unpaired) electrons. The van der Waals surface area contributed by atoms with Crippen molar-refractivity contribution in [1.29, 1.82) is 0 Å². The van der Waals surface area contributed by atoms with Gasteiger partial charge in [-0.2, -0.15) is 0 Å². The molecule has 0 fully saturated rings. The molecule has 0 atom stereocenters. The van der Waals surface area contributed by atoms with Crippen LogP contribution in [0.25, 0.3) is 0 Å². The molecule has 0 aliphatic carbocycles. The van der Waals surface area contributed by atoms with Crippen molar-refractivity contribution in [3.63, 3.8) is 0 Å². The molecule has 96 valence electrons. The zero-order chi connectivity index (χ0) is 13.8. The van der Waals surface area contributed by atoms with E-state index in [0.29, 0.717) is 5.69 Å². The topological polar surface area (TPSA) is 75.7 Å². The number of nitrogens with zero attached hydrogens (tertiary/aromatic N) is 2. The summed E-state index contributed by atoms with van der Waals surface area (Å²) in [5, 5.41) is 20.7. The summed E-state index contributed by atoms with van der Waals surface area (Å²) >= 11 is 5.77. The minimum absolute atomic E-state index is 0.166. The minimum atomic E-state index is -0.693. The summed E-state index contributed by atoms with van der Waals surface area (Å²) < 4.78 is 0. The van der Waals surface area contributed by atoms with E-state index >= 15 is 0 Å². The third-order valence-electron chi connectivity index (χ3n) is 2.39. The predicted molar refractivity (Wildman–Crippen MR) is 73.5 cm³/mol. The van der Waals surface area contributed by atoms with E-state index in [-0.39, 0.29) is 10.6 Å². The lowest BCUT2D eigenvalue weighted by Crippen LogP contribution is -1.92. The van der Waals surface area contributed by atoms with Crippen LogP contribution in [0.1, 0.15) is 5.56 Å². The molecule has 0 saturated carbocycles. The van der Waals surface area contributed by atoms with Crippen LogP contribution >= 0.6 is 11.6 Å². The van der Waals surface area contributed by atoms with Crippen LogP contribution in [0.15, 0.2) is 47.5 Å². The highest BCUT2D eigenvalue weighted by Gasteiger charge is 2.17. The van der Waals surface area contributed by atoms with Crippen LogP contribution in [0.5, 0.6) is 5.75 Å². The molecule has 6 heteroatoms. The number of hydrogen-bond acceptors (Lipinski definition) is 4. The quantitative estimate of drug-likeness (QED) is 0.527. The Kier molecular flexibility index (Phi) is 3.77. The van der Waals surface area contributed by atoms with Crippen LogP contribution in [-0.4, -0.2) is 16.2 Å². The third-order valence-corrected chi connectivity index (χ3v) is 2.61. The zero-order valence-electron chi connectivity index (χ0n) is 9.65. The summed E-state index contributed by atoms with van der Waals surface area (Å²) in [7, 11) is 0. The van der Waals surface area contributed by atoms with Gasteiger partial charge in [0.2, 0.25) is 5.75 Å². The van der Waals surface area contributed by atoms with Gasteiger partial charge in [0.25, 0.3) is 0 Å². The van der Waals surface area contributed by atoms with Crippen LogP contribution in [0, 0.1) is 10.1 Å². The number of aliphatic imine (C=N–C) groups is 1. The molecule has 5 nitrogen and oxygen atoms in total. The predicted octanol–water partition coefficient (Wildman–Crippen LogP) is 3.70. The number of benzene rings is 2. The Bertz CT molecular complexity index is 642. The third kappa shape index (κ3) is 3.08. The molecule has 1 N–H and O–H groups in total. The molecule has 2 rings (SSSR count). The van der Waals surface area contributed by atoms with Gasteiger partial charge in [0.1, 0.15) is 0 Å². The van der Waals surface area contributed by atoms with Gasteiger partial charge < -0.3 is 5.11 Å². The van der Waals surface area contributed by atoms with Crippen LogP contribution in [0.4, 0.5) is 11.4 Å². The first kappa shape index (κ1) is 13.0. The van der Waals surface area contributed by atoms with Gasteiger partial charge >= 0.3 is 5.69 Å². The molecule has 0 amide bonds. The first-order valence-electron chi connectivity index (χ1n) is 5.34. The van der Waals surface area contributed by atoms with Crippen molar-refractivity contribution < 1.29 is 10.0 Å². The number of halogens is 1. The van der Waals surface area contributed by atoms with Gasteiger partial charge in [-0.05, 0) is 18.2 Å². The average molecular weight is 277 g/mol. The van der Waals surface area contributed by atoms with Gasteiger partial charge in [-0.25, -0.2) is 0 Å². The number of para-hydroxylation sites is 1. The Morgan fingerprint density at radius 2 is 1.95 bits per heavy atom.